The van der Waals surface area contributed by atoms with Crippen LogP contribution in [0.1, 0.15) is 18.1 Å². The molecule has 2 aromatic carbocycles. The summed E-state index contributed by atoms with van der Waals surface area (Å²) in [6.45, 7) is 2.62. The Balaban J connectivity index is 1.60. The highest BCUT2D eigenvalue weighted by Gasteiger charge is 2.12. The van der Waals surface area contributed by atoms with Crippen molar-refractivity contribution in [3.63, 3.8) is 0 Å². The van der Waals surface area contributed by atoms with E-state index in [4.69, 9.17) is 23.2 Å². The lowest BCUT2D eigenvalue weighted by molar-refractivity contribution is -0.120. The minimum atomic E-state index is -0.0553. The molecule has 2 aromatic rings. The first kappa shape index (κ1) is 20.5. The highest BCUT2D eigenvalue weighted by atomic mass is 35.5. The summed E-state index contributed by atoms with van der Waals surface area (Å²) in [5.74, 6) is 2.66. The van der Waals surface area contributed by atoms with Crippen molar-refractivity contribution in [1.82, 2.24) is 5.32 Å². The van der Waals surface area contributed by atoms with Gasteiger partial charge < -0.3 is 5.32 Å². The second-order valence-electron chi connectivity index (χ2n) is 5.53. The Bertz CT molecular complexity index is 682. The molecule has 0 aromatic heterocycles. The quantitative estimate of drug-likeness (QED) is 0.537. The van der Waals surface area contributed by atoms with Crippen LogP contribution in [-0.2, 0) is 16.3 Å². The summed E-state index contributed by atoms with van der Waals surface area (Å²) >= 11 is 15.3. The first-order valence-electron chi connectivity index (χ1n) is 8.01. The Labute approximate surface area is 168 Å². The molecule has 0 fully saturated rings. The molecule has 0 heterocycles. The van der Waals surface area contributed by atoms with Gasteiger partial charge in [-0.25, -0.2) is 0 Å². The fraction of sp³-hybridized carbons (Fsp3) is 0.316. The van der Waals surface area contributed by atoms with E-state index in [0.717, 1.165) is 22.8 Å². The maximum atomic E-state index is 12.1. The molecule has 0 aliphatic heterocycles. The number of carbonyl (C=O) groups is 1. The Hall–Kier alpha value is -0.810. The van der Waals surface area contributed by atoms with Crippen LogP contribution in [0.5, 0.6) is 0 Å². The van der Waals surface area contributed by atoms with E-state index in [1.165, 1.54) is 5.56 Å². The molecule has 0 spiro atoms. The number of hydrogen-bond donors (Lipinski definition) is 1. The van der Waals surface area contributed by atoms with Gasteiger partial charge in [0.05, 0.1) is 15.3 Å². The standard InChI is InChI=1S/C19H21Cl2NOS2/c1-14(25-13-15-5-3-2-4-6-15)19(23)22-9-10-24-12-16-7-8-17(20)18(21)11-16/h2-8,11,14H,9-10,12-13H2,1H3,(H,22,23)/t14-/m1/s1. The number of amides is 1. The van der Waals surface area contributed by atoms with E-state index in [1.54, 1.807) is 23.5 Å². The van der Waals surface area contributed by atoms with Crippen LogP contribution in [0.25, 0.3) is 0 Å². The molecule has 134 valence electrons. The lowest BCUT2D eigenvalue weighted by Crippen LogP contribution is -2.32. The normalized spacial score (nSPS) is 12.0. The van der Waals surface area contributed by atoms with Crippen molar-refractivity contribution in [1.29, 1.82) is 0 Å². The maximum absolute atomic E-state index is 12.1. The largest absolute Gasteiger partial charge is 0.354 e. The number of hydrogen-bond acceptors (Lipinski definition) is 3. The molecule has 0 saturated carbocycles. The Morgan fingerprint density at radius 2 is 1.80 bits per heavy atom. The predicted octanol–water partition coefficient (Wildman–Crippen LogP) is 5.66. The summed E-state index contributed by atoms with van der Waals surface area (Å²) in [4.78, 5) is 12.1. The van der Waals surface area contributed by atoms with Gasteiger partial charge >= 0.3 is 0 Å². The average Bonchev–Trinajstić information content (AvgIpc) is 2.63. The zero-order valence-electron chi connectivity index (χ0n) is 14.0. The number of thioether (sulfide) groups is 2. The lowest BCUT2D eigenvalue weighted by Gasteiger charge is -2.12. The number of carbonyl (C=O) groups excluding carboxylic acids is 1. The van der Waals surface area contributed by atoms with Crippen LogP contribution < -0.4 is 5.32 Å². The van der Waals surface area contributed by atoms with Crippen molar-refractivity contribution < 1.29 is 4.79 Å². The van der Waals surface area contributed by atoms with Crippen molar-refractivity contribution >= 4 is 52.6 Å². The summed E-state index contributed by atoms with van der Waals surface area (Å²) in [6.07, 6.45) is 0. The molecule has 0 aliphatic carbocycles. The zero-order valence-corrected chi connectivity index (χ0v) is 17.2. The first-order valence-corrected chi connectivity index (χ1v) is 11.0. The van der Waals surface area contributed by atoms with E-state index in [2.05, 4.69) is 17.4 Å². The van der Waals surface area contributed by atoms with Gasteiger partial charge in [-0.05, 0) is 30.2 Å². The van der Waals surface area contributed by atoms with Gasteiger partial charge in [0.1, 0.15) is 0 Å². The molecule has 1 atom stereocenters. The van der Waals surface area contributed by atoms with Gasteiger partial charge in [-0.1, -0.05) is 59.6 Å². The van der Waals surface area contributed by atoms with Gasteiger partial charge in [-0.2, -0.15) is 11.8 Å². The van der Waals surface area contributed by atoms with Gasteiger partial charge in [0.2, 0.25) is 5.91 Å². The maximum Gasteiger partial charge on any atom is 0.232 e. The molecule has 1 N–H and O–H groups in total. The van der Waals surface area contributed by atoms with Crippen molar-refractivity contribution in [3.05, 3.63) is 69.7 Å². The summed E-state index contributed by atoms with van der Waals surface area (Å²) in [7, 11) is 0. The molecule has 0 aliphatic rings. The molecule has 0 radical (unpaired) electrons. The third-order valence-corrected chi connectivity index (χ3v) is 6.49. The van der Waals surface area contributed by atoms with Crippen LogP contribution in [0.3, 0.4) is 0 Å². The van der Waals surface area contributed by atoms with Gasteiger partial charge in [-0.15, -0.1) is 11.8 Å². The third kappa shape index (κ3) is 7.53. The van der Waals surface area contributed by atoms with E-state index in [9.17, 15) is 4.79 Å². The van der Waals surface area contributed by atoms with E-state index in [1.807, 2.05) is 43.3 Å². The van der Waals surface area contributed by atoms with Crippen LogP contribution in [0.15, 0.2) is 48.5 Å². The summed E-state index contributed by atoms with van der Waals surface area (Å²) in [6, 6.07) is 15.9. The smallest absolute Gasteiger partial charge is 0.232 e. The molecule has 25 heavy (non-hydrogen) atoms. The Morgan fingerprint density at radius 1 is 1.04 bits per heavy atom. The third-order valence-electron chi connectivity index (χ3n) is 3.51. The van der Waals surface area contributed by atoms with Crippen LogP contribution >= 0.6 is 46.7 Å². The SMILES string of the molecule is C[C@@H](SCc1ccccc1)C(=O)NCCSCc1ccc(Cl)c(Cl)c1. The van der Waals surface area contributed by atoms with Crippen molar-refractivity contribution in [2.24, 2.45) is 0 Å². The Morgan fingerprint density at radius 3 is 2.52 bits per heavy atom. The van der Waals surface area contributed by atoms with Gasteiger partial charge in [0, 0.05) is 23.8 Å². The number of nitrogens with one attached hydrogen (secondary N) is 1. The number of benzene rings is 2. The molecule has 6 heteroatoms. The molecule has 0 saturated heterocycles. The van der Waals surface area contributed by atoms with Gasteiger partial charge in [0.15, 0.2) is 0 Å². The van der Waals surface area contributed by atoms with Gasteiger partial charge in [0.25, 0.3) is 0 Å². The summed E-state index contributed by atoms with van der Waals surface area (Å²) < 4.78 is 0. The van der Waals surface area contributed by atoms with Gasteiger partial charge in [-0.3, -0.25) is 4.79 Å². The molecule has 0 bridgehead atoms. The van der Waals surface area contributed by atoms with E-state index in [0.29, 0.717) is 16.6 Å². The van der Waals surface area contributed by atoms with Crippen LogP contribution in [-0.4, -0.2) is 23.5 Å². The highest BCUT2D eigenvalue weighted by Crippen LogP contribution is 2.24. The first-order chi connectivity index (χ1) is 12.1. The predicted molar refractivity (Wildman–Crippen MR) is 113 cm³/mol. The van der Waals surface area contributed by atoms with Crippen LogP contribution in [0.4, 0.5) is 0 Å². The molecular formula is C19H21Cl2NOS2. The van der Waals surface area contributed by atoms with E-state index in [-0.39, 0.29) is 11.2 Å². The number of halogens is 2. The molecule has 0 unspecified atom stereocenters. The lowest BCUT2D eigenvalue weighted by atomic mass is 10.2. The Kier molecular flexibility index (Phi) is 9.04. The van der Waals surface area contributed by atoms with Crippen molar-refractivity contribution in [2.45, 2.75) is 23.7 Å². The van der Waals surface area contributed by atoms with E-state index < -0.39 is 0 Å². The van der Waals surface area contributed by atoms with Crippen molar-refractivity contribution in [3.8, 4) is 0 Å². The summed E-state index contributed by atoms with van der Waals surface area (Å²) in [5.41, 5.74) is 2.38. The number of rotatable bonds is 9. The van der Waals surface area contributed by atoms with Crippen LogP contribution in [0.2, 0.25) is 10.0 Å². The average molecular weight is 414 g/mol. The zero-order chi connectivity index (χ0) is 18.1. The van der Waals surface area contributed by atoms with E-state index >= 15 is 0 Å². The molecular weight excluding hydrogens is 393 g/mol. The second-order valence-corrected chi connectivity index (χ2v) is 8.78. The second kappa shape index (κ2) is 11.0. The molecule has 2 nitrogen and oxygen atoms in total. The minimum absolute atomic E-state index is 0.0553. The highest BCUT2D eigenvalue weighted by molar-refractivity contribution is 7.99. The topological polar surface area (TPSA) is 29.1 Å². The van der Waals surface area contributed by atoms with Crippen LogP contribution in [0, 0.1) is 0 Å². The minimum Gasteiger partial charge on any atom is -0.354 e. The molecule has 1 amide bonds. The monoisotopic (exact) mass is 413 g/mol. The summed E-state index contributed by atoms with van der Waals surface area (Å²) in [5, 5.41) is 4.10. The fourth-order valence-corrected chi connectivity index (χ4v) is 4.08. The van der Waals surface area contributed by atoms with Crippen molar-refractivity contribution in [2.75, 3.05) is 12.3 Å². The fourth-order valence-electron chi connectivity index (χ4n) is 2.08. The molecule has 2 rings (SSSR count).